The molecule has 0 aromatic carbocycles. The lowest BCUT2D eigenvalue weighted by Crippen LogP contribution is -2.32. The predicted octanol–water partition coefficient (Wildman–Crippen LogP) is 5.06. The molecule has 4 heteroatoms. The Morgan fingerprint density at radius 2 is 1.37 bits per heavy atom. The molecule has 0 radical (unpaired) electrons. The van der Waals surface area contributed by atoms with E-state index in [-0.39, 0.29) is 6.61 Å². The number of nitrogens with one attached hydrogen (secondary N) is 1. The van der Waals surface area contributed by atoms with Gasteiger partial charge in [-0.15, -0.1) is 0 Å². The fraction of sp³-hybridized carbons (Fsp3) is 1.00. The van der Waals surface area contributed by atoms with Crippen molar-refractivity contribution in [1.29, 1.82) is 0 Å². The lowest BCUT2D eigenvalue weighted by Gasteiger charge is -2.12. The zero-order valence-corrected chi connectivity index (χ0v) is 18.4. The normalized spacial score (nSPS) is 13.8. The molecule has 0 amide bonds. The maximum Gasteiger partial charge on any atom is 0.0897 e. The van der Waals surface area contributed by atoms with Crippen LogP contribution in [-0.2, 0) is 4.74 Å². The summed E-state index contributed by atoms with van der Waals surface area (Å²) in [4.78, 5) is 0. The predicted molar refractivity (Wildman–Crippen MR) is 116 cm³/mol. The highest BCUT2D eigenvalue weighted by molar-refractivity contribution is 4.58. The van der Waals surface area contributed by atoms with Gasteiger partial charge in [-0.25, -0.2) is 0 Å². The zero-order valence-electron chi connectivity index (χ0n) is 18.4. The topological polar surface area (TPSA) is 61.7 Å². The smallest absolute Gasteiger partial charge is 0.0897 e. The number of unbranched alkanes of at least 4 members (excludes halogenated alkanes) is 10. The lowest BCUT2D eigenvalue weighted by atomic mass is 9.96. The van der Waals surface area contributed by atoms with Crippen molar-refractivity contribution in [3.05, 3.63) is 0 Å². The van der Waals surface area contributed by atoms with Gasteiger partial charge in [-0.3, -0.25) is 0 Å². The van der Waals surface area contributed by atoms with Crippen molar-refractivity contribution in [2.24, 2.45) is 5.92 Å². The quantitative estimate of drug-likeness (QED) is 0.227. The van der Waals surface area contributed by atoms with Crippen LogP contribution in [0.4, 0.5) is 0 Å². The minimum atomic E-state index is -0.477. The van der Waals surface area contributed by atoms with Crippen molar-refractivity contribution in [2.75, 3.05) is 32.9 Å². The van der Waals surface area contributed by atoms with Crippen LogP contribution >= 0.6 is 0 Å². The molecule has 0 aromatic heterocycles. The summed E-state index contributed by atoms with van der Waals surface area (Å²) in [7, 11) is 0. The van der Waals surface area contributed by atoms with Gasteiger partial charge in [0.1, 0.15) is 0 Å². The molecule has 2 atom stereocenters. The van der Waals surface area contributed by atoms with E-state index in [1.54, 1.807) is 0 Å². The molecule has 0 aliphatic heterocycles. The number of aliphatic hydroxyl groups excluding tert-OH is 2. The van der Waals surface area contributed by atoms with Gasteiger partial charge in [-0.2, -0.15) is 0 Å². The van der Waals surface area contributed by atoms with Crippen LogP contribution in [0, 0.1) is 5.92 Å². The molecule has 0 spiro atoms. The van der Waals surface area contributed by atoms with E-state index in [1.807, 2.05) is 0 Å². The largest absolute Gasteiger partial charge is 0.395 e. The Morgan fingerprint density at radius 3 is 1.96 bits per heavy atom. The van der Waals surface area contributed by atoms with E-state index in [0.29, 0.717) is 19.7 Å². The van der Waals surface area contributed by atoms with Crippen LogP contribution in [0.3, 0.4) is 0 Å². The summed E-state index contributed by atoms with van der Waals surface area (Å²) >= 11 is 0. The van der Waals surface area contributed by atoms with E-state index in [2.05, 4.69) is 19.2 Å². The standard InChI is InChI=1S/C23H49NO3/c1-3-4-5-6-9-12-15-22(2)16-13-10-7-8-11-14-19-27-21-23(26)20-24-17-18-25/h22-26H,3-21H2,1-2H3. The fourth-order valence-corrected chi connectivity index (χ4v) is 3.45. The Balaban J connectivity index is 3.19. The van der Waals surface area contributed by atoms with E-state index >= 15 is 0 Å². The second-order valence-corrected chi connectivity index (χ2v) is 8.23. The van der Waals surface area contributed by atoms with Crippen molar-refractivity contribution >= 4 is 0 Å². The third kappa shape index (κ3) is 22.0. The first-order valence-electron chi connectivity index (χ1n) is 11.8. The monoisotopic (exact) mass is 387 g/mol. The Bertz CT molecular complexity index is 276. The molecule has 0 saturated carbocycles. The molecular weight excluding hydrogens is 338 g/mol. The highest BCUT2D eigenvalue weighted by Crippen LogP contribution is 2.18. The van der Waals surface area contributed by atoms with Crippen molar-refractivity contribution in [2.45, 2.75) is 110 Å². The lowest BCUT2D eigenvalue weighted by molar-refractivity contribution is 0.0350. The summed E-state index contributed by atoms with van der Waals surface area (Å²) in [6.07, 6.45) is 18.5. The van der Waals surface area contributed by atoms with Crippen LogP contribution in [0.5, 0.6) is 0 Å². The van der Waals surface area contributed by atoms with Crippen molar-refractivity contribution < 1.29 is 14.9 Å². The van der Waals surface area contributed by atoms with Gasteiger partial charge in [-0.05, 0) is 12.3 Å². The summed E-state index contributed by atoms with van der Waals surface area (Å²) in [5.74, 6) is 0.905. The average Bonchev–Trinajstić information content (AvgIpc) is 2.66. The van der Waals surface area contributed by atoms with Crippen LogP contribution in [-0.4, -0.2) is 49.2 Å². The second kappa shape index (κ2) is 22.1. The highest BCUT2D eigenvalue weighted by Gasteiger charge is 2.04. The highest BCUT2D eigenvalue weighted by atomic mass is 16.5. The Morgan fingerprint density at radius 1 is 0.815 bits per heavy atom. The minimum absolute atomic E-state index is 0.103. The zero-order chi connectivity index (χ0) is 20.0. The first-order chi connectivity index (χ1) is 13.2. The number of rotatable bonds is 22. The summed E-state index contributed by atoms with van der Waals surface area (Å²) < 4.78 is 5.50. The molecule has 0 fully saturated rings. The van der Waals surface area contributed by atoms with Crippen molar-refractivity contribution in [1.82, 2.24) is 5.32 Å². The van der Waals surface area contributed by atoms with Crippen LogP contribution in [0.2, 0.25) is 0 Å². The summed E-state index contributed by atoms with van der Waals surface area (Å²) in [6.45, 7) is 6.94. The SMILES string of the molecule is CCCCCCCCC(C)CCCCCCCCOCC(O)CNCCO. The molecule has 27 heavy (non-hydrogen) atoms. The maximum absolute atomic E-state index is 9.65. The molecule has 2 unspecified atom stereocenters. The summed E-state index contributed by atoms with van der Waals surface area (Å²) in [5, 5.41) is 21.3. The average molecular weight is 388 g/mol. The van der Waals surface area contributed by atoms with Gasteiger partial charge in [0.05, 0.1) is 19.3 Å². The van der Waals surface area contributed by atoms with Gasteiger partial charge in [0.2, 0.25) is 0 Å². The van der Waals surface area contributed by atoms with Gasteiger partial charge in [0.25, 0.3) is 0 Å². The van der Waals surface area contributed by atoms with Gasteiger partial charge >= 0.3 is 0 Å². The van der Waals surface area contributed by atoms with E-state index < -0.39 is 6.10 Å². The number of hydrogen-bond donors (Lipinski definition) is 3. The minimum Gasteiger partial charge on any atom is -0.395 e. The summed E-state index contributed by atoms with van der Waals surface area (Å²) in [5.41, 5.74) is 0. The molecule has 164 valence electrons. The number of ether oxygens (including phenoxy) is 1. The molecule has 0 aliphatic rings. The molecule has 0 rings (SSSR count). The van der Waals surface area contributed by atoms with E-state index in [1.165, 1.54) is 83.5 Å². The van der Waals surface area contributed by atoms with Crippen molar-refractivity contribution in [3.63, 3.8) is 0 Å². The number of aliphatic hydroxyl groups is 2. The van der Waals surface area contributed by atoms with Gasteiger partial charge < -0.3 is 20.3 Å². The fourth-order valence-electron chi connectivity index (χ4n) is 3.45. The van der Waals surface area contributed by atoms with Gasteiger partial charge in [-0.1, -0.05) is 97.3 Å². The molecule has 0 aliphatic carbocycles. The molecular formula is C23H49NO3. The van der Waals surface area contributed by atoms with Crippen molar-refractivity contribution in [3.8, 4) is 0 Å². The third-order valence-electron chi connectivity index (χ3n) is 5.26. The molecule has 0 saturated heterocycles. The maximum atomic E-state index is 9.65. The van der Waals surface area contributed by atoms with Gasteiger partial charge in [0.15, 0.2) is 0 Å². The first-order valence-corrected chi connectivity index (χ1v) is 11.8. The van der Waals surface area contributed by atoms with Crippen LogP contribution in [0.1, 0.15) is 104 Å². The van der Waals surface area contributed by atoms with E-state index in [0.717, 1.165) is 18.9 Å². The van der Waals surface area contributed by atoms with Crippen LogP contribution < -0.4 is 5.32 Å². The molecule has 0 heterocycles. The van der Waals surface area contributed by atoms with Crippen LogP contribution in [0.15, 0.2) is 0 Å². The van der Waals surface area contributed by atoms with Gasteiger partial charge in [0, 0.05) is 19.7 Å². The molecule has 3 N–H and O–H groups in total. The summed E-state index contributed by atoms with van der Waals surface area (Å²) in [6, 6.07) is 0. The number of hydrogen-bond acceptors (Lipinski definition) is 4. The van der Waals surface area contributed by atoms with Crippen LogP contribution in [0.25, 0.3) is 0 Å². The van der Waals surface area contributed by atoms with E-state index in [9.17, 15) is 5.11 Å². The van der Waals surface area contributed by atoms with E-state index in [4.69, 9.17) is 9.84 Å². The Kier molecular flexibility index (Phi) is 22.0. The third-order valence-corrected chi connectivity index (χ3v) is 5.26. The molecule has 4 nitrogen and oxygen atoms in total. The second-order valence-electron chi connectivity index (χ2n) is 8.23. The molecule has 0 bridgehead atoms. The Labute approximate surface area is 169 Å². The Hall–Kier alpha value is -0.160. The first kappa shape index (κ1) is 26.8. The molecule has 0 aromatic rings.